The minimum atomic E-state index is -1.16. The second kappa shape index (κ2) is 4.20. The van der Waals surface area contributed by atoms with E-state index in [2.05, 4.69) is 15.5 Å². The number of tetrazole rings is 1. The van der Waals surface area contributed by atoms with E-state index in [0.29, 0.717) is 5.69 Å². The summed E-state index contributed by atoms with van der Waals surface area (Å²) in [5.74, 6) is -1.37. The fourth-order valence-corrected chi connectivity index (χ4v) is 1.39. The van der Waals surface area contributed by atoms with Crippen molar-refractivity contribution in [2.45, 2.75) is 0 Å². The molecule has 0 radical (unpaired) electrons. The molecule has 0 bridgehead atoms. The van der Waals surface area contributed by atoms with Crippen LogP contribution in [-0.2, 0) is 0 Å². The number of carbonyl (C=O) groups is 1. The van der Waals surface area contributed by atoms with Gasteiger partial charge in [-0.25, -0.2) is 4.79 Å². The Hall–Kier alpha value is -2.44. The molecule has 1 N–H and O–H groups in total. The maximum Gasteiger partial charge on any atom is 0.376 e. The van der Waals surface area contributed by atoms with Gasteiger partial charge in [0.1, 0.15) is 0 Å². The summed E-state index contributed by atoms with van der Waals surface area (Å²) >= 11 is 0. The average molecular weight is 233 g/mol. The first-order valence-electron chi connectivity index (χ1n) is 4.89. The van der Waals surface area contributed by atoms with E-state index in [-0.39, 0.29) is 5.82 Å². The monoisotopic (exact) mass is 233 g/mol. The van der Waals surface area contributed by atoms with Crippen molar-refractivity contribution in [2.75, 3.05) is 19.0 Å². The van der Waals surface area contributed by atoms with Gasteiger partial charge in [0.05, 0.1) is 5.69 Å². The summed E-state index contributed by atoms with van der Waals surface area (Å²) < 4.78 is 1.18. The molecule has 1 heterocycles. The van der Waals surface area contributed by atoms with Crippen molar-refractivity contribution in [3.05, 3.63) is 30.1 Å². The van der Waals surface area contributed by atoms with Gasteiger partial charge in [0.2, 0.25) is 0 Å². The van der Waals surface area contributed by atoms with Crippen LogP contribution in [0.4, 0.5) is 5.69 Å². The number of anilines is 1. The molecule has 1 aromatic heterocycles. The summed E-state index contributed by atoms with van der Waals surface area (Å²) in [6.07, 6.45) is 0. The number of carboxylic acids is 1. The van der Waals surface area contributed by atoms with Gasteiger partial charge in [-0.05, 0) is 34.7 Å². The Morgan fingerprint density at radius 1 is 1.29 bits per heavy atom. The molecule has 1 aromatic carbocycles. The average Bonchev–Trinajstić information content (AvgIpc) is 2.78. The van der Waals surface area contributed by atoms with E-state index in [4.69, 9.17) is 5.11 Å². The first kappa shape index (κ1) is 11.1. The molecule has 0 saturated heterocycles. The lowest BCUT2D eigenvalue weighted by Crippen LogP contribution is -2.11. The van der Waals surface area contributed by atoms with Gasteiger partial charge in [-0.3, -0.25) is 0 Å². The third-order valence-corrected chi connectivity index (χ3v) is 2.27. The van der Waals surface area contributed by atoms with E-state index in [9.17, 15) is 4.79 Å². The Morgan fingerprint density at radius 3 is 2.47 bits per heavy atom. The number of hydrogen-bond acceptors (Lipinski definition) is 5. The van der Waals surface area contributed by atoms with Gasteiger partial charge in [0.25, 0.3) is 5.82 Å². The number of hydrogen-bond donors (Lipinski definition) is 1. The van der Waals surface area contributed by atoms with Crippen LogP contribution >= 0.6 is 0 Å². The van der Waals surface area contributed by atoms with Crippen molar-refractivity contribution in [3.8, 4) is 5.69 Å². The van der Waals surface area contributed by atoms with Gasteiger partial charge in [-0.1, -0.05) is 0 Å². The van der Waals surface area contributed by atoms with Crippen LogP contribution in [0.3, 0.4) is 0 Å². The van der Waals surface area contributed by atoms with Gasteiger partial charge in [0, 0.05) is 19.8 Å². The zero-order chi connectivity index (χ0) is 12.4. The molecule has 0 unspecified atom stereocenters. The molecule has 2 rings (SSSR count). The van der Waals surface area contributed by atoms with Gasteiger partial charge in [-0.2, -0.15) is 4.68 Å². The lowest BCUT2D eigenvalue weighted by atomic mass is 10.2. The van der Waals surface area contributed by atoms with Crippen LogP contribution < -0.4 is 4.90 Å². The first-order valence-corrected chi connectivity index (χ1v) is 4.89. The van der Waals surface area contributed by atoms with E-state index in [1.807, 2.05) is 31.1 Å². The van der Waals surface area contributed by atoms with Gasteiger partial charge < -0.3 is 10.0 Å². The molecule has 17 heavy (non-hydrogen) atoms. The molecule has 0 fully saturated rings. The van der Waals surface area contributed by atoms with E-state index >= 15 is 0 Å². The van der Waals surface area contributed by atoms with Crippen LogP contribution in [0.2, 0.25) is 0 Å². The second-order valence-electron chi connectivity index (χ2n) is 3.63. The maximum absolute atomic E-state index is 10.9. The topological polar surface area (TPSA) is 84.1 Å². The summed E-state index contributed by atoms with van der Waals surface area (Å²) in [4.78, 5) is 12.8. The van der Waals surface area contributed by atoms with Crippen LogP contribution in [0.15, 0.2) is 24.3 Å². The Balaban J connectivity index is 2.40. The molecule has 0 aliphatic rings. The van der Waals surface area contributed by atoms with Crippen LogP contribution in [-0.4, -0.2) is 45.4 Å². The number of rotatable bonds is 3. The van der Waals surface area contributed by atoms with Crippen LogP contribution in [0.5, 0.6) is 0 Å². The third-order valence-electron chi connectivity index (χ3n) is 2.27. The van der Waals surface area contributed by atoms with Crippen molar-refractivity contribution in [3.63, 3.8) is 0 Å². The van der Waals surface area contributed by atoms with Crippen LogP contribution in [0, 0.1) is 0 Å². The molecule has 0 amide bonds. The quantitative estimate of drug-likeness (QED) is 0.827. The molecule has 2 aromatic rings. The normalized spacial score (nSPS) is 10.2. The lowest BCUT2D eigenvalue weighted by molar-refractivity contribution is 0.0680. The van der Waals surface area contributed by atoms with Gasteiger partial charge in [0.15, 0.2) is 0 Å². The van der Waals surface area contributed by atoms with E-state index in [1.165, 1.54) is 4.68 Å². The minimum absolute atomic E-state index is 0.206. The molecular weight excluding hydrogens is 222 g/mol. The smallest absolute Gasteiger partial charge is 0.376 e. The predicted molar refractivity (Wildman–Crippen MR) is 60.4 cm³/mol. The largest absolute Gasteiger partial charge is 0.475 e. The fourth-order valence-electron chi connectivity index (χ4n) is 1.39. The summed E-state index contributed by atoms with van der Waals surface area (Å²) in [5, 5.41) is 19.3. The SMILES string of the molecule is CN(C)c1ccc(-n2nnnc2C(=O)O)cc1. The Kier molecular flexibility index (Phi) is 2.73. The maximum atomic E-state index is 10.9. The van der Waals surface area contributed by atoms with Crippen LogP contribution in [0.25, 0.3) is 5.69 Å². The summed E-state index contributed by atoms with van der Waals surface area (Å²) in [6, 6.07) is 7.25. The fraction of sp³-hybridized carbons (Fsp3) is 0.200. The Morgan fingerprint density at radius 2 is 1.94 bits per heavy atom. The van der Waals surface area contributed by atoms with Gasteiger partial charge in [-0.15, -0.1) is 5.10 Å². The number of benzene rings is 1. The summed E-state index contributed by atoms with van der Waals surface area (Å²) in [6.45, 7) is 0. The number of nitrogens with zero attached hydrogens (tertiary/aromatic N) is 5. The number of carboxylic acid groups (broad SMARTS) is 1. The molecule has 0 aliphatic heterocycles. The molecule has 7 nitrogen and oxygen atoms in total. The van der Waals surface area contributed by atoms with Crippen molar-refractivity contribution in [1.29, 1.82) is 0 Å². The first-order chi connectivity index (χ1) is 8.09. The van der Waals surface area contributed by atoms with E-state index in [1.54, 1.807) is 12.1 Å². The highest BCUT2D eigenvalue weighted by Gasteiger charge is 2.14. The van der Waals surface area contributed by atoms with Gasteiger partial charge >= 0.3 is 5.97 Å². The molecule has 0 spiro atoms. The van der Waals surface area contributed by atoms with Crippen molar-refractivity contribution >= 4 is 11.7 Å². The Labute approximate surface area is 97.3 Å². The van der Waals surface area contributed by atoms with Crippen molar-refractivity contribution in [2.24, 2.45) is 0 Å². The zero-order valence-corrected chi connectivity index (χ0v) is 9.40. The highest BCUT2D eigenvalue weighted by molar-refractivity contribution is 5.83. The zero-order valence-electron chi connectivity index (χ0n) is 9.40. The summed E-state index contributed by atoms with van der Waals surface area (Å²) in [7, 11) is 3.85. The molecule has 0 aliphatic carbocycles. The minimum Gasteiger partial charge on any atom is -0.475 e. The molecule has 88 valence electrons. The lowest BCUT2D eigenvalue weighted by Gasteiger charge is -2.12. The predicted octanol–water partition coefficient (Wildman–Crippen LogP) is 0.426. The van der Waals surface area contributed by atoms with Crippen molar-refractivity contribution < 1.29 is 9.90 Å². The highest BCUT2D eigenvalue weighted by Crippen LogP contribution is 2.15. The molecule has 7 heteroatoms. The van der Waals surface area contributed by atoms with Crippen LogP contribution in [0.1, 0.15) is 10.6 Å². The molecule has 0 atom stereocenters. The third kappa shape index (κ3) is 2.07. The summed E-state index contributed by atoms with van der Waals surface area (Å²) in [5.41, 5.74) is 1.62. The second-order valence-corrected chi connectivity index (χ2v) is 3.63. The molecule has 0 saturated carbocycles. The number of aromatic carboxylic acids is 1. The van der Waals surface area contributed by atoms with Crippen molar-refractivity contribution in [1.82, 2.24) is 20.2 Å². The number of aromatic nitrogens is 4. The highest BCUT2D eigenvalue weighted by atomic mass is 16.4. The van der Waals surface area contributed by atoms with E-state index < -0.39 is 5.97 Å². The van der Waals surface area contributed by atoms with E-state index in [0.717, 1.165) is 5.69 Å². The Bertz CT molecular complexity index is 532. The standard InChI is InChI=1S/C10H11N5O2/c1-14(2)7-3-5-8(6-4-7)15-9(10(16)17)11-12-13-15/h3-6H,1-2H3,(H,16,17). The molecular formula is C10H11N5O2.